The normalized spacial score (nSPS) is 20.1. The Morgan fingerprint density at radius 3 is 3.25 bits per heavy atom. The van der Waals surface area contributed by atoms with Gasteiger partial charge in [0.15, 0.2) is 0 Å². The van der Waals surface area contributed by atoms with Gasteiger partial charge < -0.3 is 10.1 Å². The molecule has 1 saturated heterocycles. The lowest BCUT2D eigenvalue weighted by Gasteiger charge is -2.23. The van der Waals surface area contributed by atoms with Crippen LogP contribution in [0.25, 0.3) is 0 Å². The van der Waals surface area contributed by atoms with Crippen molar-refractivity contribution < 1.29 is 4.74 Å². The average Bonchev–Trinajstić information content (AvgIpc) is 2.38. The third-order valence-corrected chi connectivity index (χ3v) is 2.74. The van der Waals surface area contributed by atoms with E-state index in [1.165, 1.54) is 6.42 Å². The molecule has 84 valence electrons. The van der Waals surface area contributed by atoms with Gasteiger partial charge in [0, 0.05) is 19.3 Å². The minimum Gasteiger partial charge on any atom is -0.380 e. The van der Waals surface area contributed by atoms with E-state index in [0.29, 0.717) is 5.56 Å². The lowest BCUT2D eigenvalue weighted by atomic mass is 10.1. The van der Waals surface area contributed by atoms with Gasteiger partial charge >= 0.3 is 0 Å². The van der Waals surface area contributed by atoms with E-state index >= 15 is 0 Å². The Bertz CT molecular complexity index is 380. The Balaban J connectivity index is 1.91. The molecule has 0 saturated carbocycles. The Labute approximate surface area is 95.3 Å². The predicted molar refractivity (Wildman–Crippen MR) is 61.0 cm³/mol. The molecule has 1 aliphatic rings. The van der Waals surface area contributed by atoms with Crippen molar-refractivity contribution in [3.8, 4) is 6.07 Å². The highest BCUT2D eigenvalue weighted by Gasteiger charge is 2.13. The van der Waals surface area contributed by atoms with Crippen molar-refractivity contribution in [2.24, 2.45) is 0 Å². The Morgan fingerprint density at radius 2 is 2.50 bits per heavy atom. The lowest BCUT2D eigenvalue weighted by Crippen LogP contribution is -2.27. The van der Waals surface area contributed by atoms with Gasteiger partial charge in [-0.3, -0.25) is 4.98 Å². The highest BCUT2D eigenvalue weighted by atomic mass is 16.5. The largest absolute Gasteiger partial charge is 0.380 e. The van der Waals surface area contributed by atoms with Crippen molar-refractivity contribution in [3.63, 3.8) is 0 Å². The first-order chi connectivity index (χ1) is 7.90. The highest BCUT2D eigenvalue weighted by Crippen LogP contribution is 2.16. The van der Waals surface area contributed by atoms with Crippen LogP contribution in [0.5, 0.6) is 0 Å². The maximum absolute atomic E-state index is 8.91. The third kappa shape index (κ3) is 2.71. The van der Waals surface area contributed by atoms with Crippen molar-refractivity contribution >= 4 is 5.69 Å². The summed E-state index contributed by atoms with van der Waals surface area (Å²) in [7, 11) is 0. The number of nitrogens with zero attached hydrogens (tertiary/aromatic N) is 2. The topological polar surface area (TPSA) is 57.9 Å². The van der Waals surface area contributed by atoms with Crippen LogP contribution in [0.4, 0.5) is 5.69 Å². The second-order valence-electron chi connectivity index (χ2n) is 3.90. The first-order valence-electron chi connectivity index (χ1n) is 5.60. The van der Waals surface area contributed by atoms with Crippen LogP contribution in [0.1, 0.15) is 24.8 Å². The molecule has 2 rings (SSSR count). The van der Waals surface area contributed by atoms with E-state index in [1.54, 1.807) is 18.5 Å². The minimum atomic E-state index is 0.264. The minimum absolute atomic E-state index is 0.264. The van der Waals surface area contributed by atoms with E-state index in [2.05, 4.69) is 16.4 Å². The van der Waals surface area contributed by atoms with E-state index in [1.807, 2.05) is 0 Å². The standard InChI is InChI=1S/C12H15N3O/c13-7-10-4-5-14-9-12(10)15-8-11-3-1-2-6-16-11/h4-5,9,11,15H,1-3,6,8H2. The number of ether oxygens (including phenoxy) is 1. The van der Waals surface area contributed by atoms with Crippen LogP contribution in [0.15, 0.2) is 18.5 Å². The number of pyridine rings is 1. The molecule has 0 radical (unpaired) electrons. The van der Waals surface area contributed by atoms with Crippen LogP contribution in [0, 0.1) is 11.3 Å². The van der Waals surface area contributed by atoms with Crippen LogP contribution in [0.2, 0.25) is 0 Å². The monoisotopic (exact) mass is 217 g/mol. The molecular weight excluding hydrogens is 202 g/mol. The second kappa shape index (κ2) is 5.47. The van der Waals surface area contributed by atoms with E-state index in [-0.39, 0.29) is 6.10 Å². The molecule has 1 unspecified atom stereocenters. The van der Waals surface area contributed by atoms with E-state index < -0.39 is 0 Å². The number of hydrogen-bond acceptors (Lipinski definition) is 4. The molecule has 1 N–H and O–H groups in total. The molecule has 1 aliphatic heterocycles. The highest BCUT2D eigenvalue weighted by molar-refractivity contribution is 5.55. The van der Waals surface area contributed by atoms with Crippen LogP contribution < -0.4 is 5.32 Å². The summed E-state index contributed by atoms with van der Waals surface area (Å²) < 4.78 is 5.61. The van der Waals surface area contributed by atoms with Gasteiger partial charge in [0.2, 0.25) is 0 Å². The van der Waals surface area contributed by atoms with Gasteiger partial charge in [0.1, 0.15) is 6.07 Å². The Morgan fingerprint density at radius 1 is 1.56 bits per heavy atom. The molecule has 0 bridgehead atoms. The van der Waals surface area contributed by atoms with Crippen LogP contribution in [-0.4, -0.2) is 24.2 Å². The maximum atomic E-state index is 8.91. The number of anilines is 1. The van der Waals surface area contributed by atoms with E-state index in [9.17, 15) is 0 Å². The summed E-state index contributed by atoms with van der Waals surface area (Å²) >= 11 is 0. The zero-order chi connectivity index (χ0) is 11.2. The fourth-order valence-corrected chi connectivity index (χ4v) is 1.83. The third-order valence-electron chi connectivity index (χ3n) is 2.74. The van der Waals surface area contributed by atoms with Crippen LogP contribution in [0.3, 0.4) is 0 Å². The van der Waals surface area contributed by atoms with Crippen molar-refractivity contribution in [3.05, 3.63) is 24.0 Å². The molecule has 16 heavy (non-hydrogen) atoms. The molecule has 0 amide bonds. The number of rotatable bonds is 3. The molecule has 1 fully saturated rings. The van der Waals surface area contributed by atoms with E-state index in [0.717, 1.165) is 31.7 Å². The lowest BCUT2D eigenvalue weighted by molar-refractivity contribution is 0.0247. The zero-order valence-corrected chi connectivity index (χ0v) is 9.15. The molecular formula is C12H15N3O. The Hall–Kier alpha value is -1.60. The van der Waals surface area contributed by atoms with Gasteiger partial charge in [-0.15, -0.1) is 0 Å². The zero-order valence-electron chi connectivity index (χ0n) is 9.15. The van der Waals surface area contributed by atoms with E-state index in [4.69, 9.17) is 10.00 Å². The van der Waals surface area contributed by atoms with Crippen LogP contribution in [-0.2, 0) is 4.74 Å². The van der Waals surface area contributed by atoms with Crippen LogP contribution >= 0.6 is 0 Å². The van der Waals surface area contributed by atoms with Crippen molar-refractivity contribution in [2.45, 2.75) is 25.4 Å². The van der Waals surface area contributed by atoms with Gasteiger partial charge in [-0.2, -0.15) is 5.26 Å². The van der Waals surface area contributed by atoms with Gasteiger partial charge in [-0.1, -0.05) is 0 Å². The first-order valence-corrected chi connectivity index (χ1v) is 5.60. The summed E-state index contributed by atoms with van der Waals surface area (Å²) in [5, 5.41) is 12.1. The quantitative estimate of drug-likeness (QED) is 0.840. The number of nitrogens with one attached hydrogen (secondary N) is 1. The smallest absolute Gasteiger partial charge is 0.101 e. The number of hydrogen-bond donors (Lipinski definition) is 1. The molecule has 1 aromatic rings. The molecule has 4 heteroatoms. The van der Waals surface area contributed by atoms with Gasteiger partial charge in [0.25, 0.3) is 0 Å². The summed E-state index contributed by atoms with van der Waals surface area (Å²) in [6.45, 7) is 1.60. The molecule has 0 aromatic carbocycles. The Kier molecular flexibility index (Phi) is 3.73. The SMILES string of the molecule is N#Cc1ccncc1NCC1CCCCO1. The summed E-state index contributed by atoms with van der Waals surface area (Å²) in [5.74, 6) is 0. The van der Waals surface area contributed by atoms with Crippen molar-refractivity contribution in [1.82, 2.24) is 4.98 Å². The van der Waals surface area contributed by atoms with Crippen molar-refractivity contribution in [2.75, 3.05) is 18.5 Å². The second-order valence-corrected chi connectivity index (χ2v) is 3.90. The fraction of sp³-hybridized carbons (Fsp3) is 0.500. The molecule has 0 aliphatic carbocycles. The summed E-state index contributed by atoms with van der Waals surface area (Å²) in [5.41, 5.74) is 1.42. The maximum Gasteiger partial charge on any atom is 0.101 e. The van der Waals surface area contributed by atoms with Crippen molar-refractivity contribution in [1.29, 1.82) is 5.26 Å². The molecule has 1 atom stereocenters. The summed E-state index contributed by atoms with van der Waals surface area (Å²) in [6, 6.07) is 3.85. The van der Waals surface area contributed by atoms with Gasteiger partial charge in [-0.25, -0.2) is 0 Å². The molecule has 0 spiro atoms. The summed E-state index contributed by atoms with van der Waals surface area (Å²) in [4.78, 5) is 4.00. The molecule has 4 nitrogen and oxygen atoms in total. The predicted octanol–water partition coefficient (Wildman–Crippen LogP) is 1.93. The summed E-state index contributed by atoms with van der Waals surface area (Å²) in [6.07, 6.45) is 7.05. The molecule has 2 heterocycles. The average molecular weight is 217 g/mol. The van der Waals surface area contributed by atoms with Gasteiger partial charge in [-0.05, 0) is 25.3 Å². The number of aromatic nitrogens is 1. The van der Waals surface area contributed by atoms with Gasteiger partial charge in [0.05, 0.1) is 23.6 Å². The number of nitriles is 1. The first kappa shape index (κ1) is 10.9. The fourth-order valence-electron chi connectivity index (χ4n) is 1.83. The molecule has 1 aromatic heterocycles.